The van der Waals surface area contributed by atoms with Crippen molar-refractivity contribution in [3.63, 3.8) is 0 Å². The van der Waals surface area contributed by atoms with Crippen LogP contribution in [0.15, 0.2) is 18.5 Å². The first-order valence-corrected chi connectivity index (χ1v) is 3.69. The van der Waals surface area contributed by atoms with E-state index in [0.29, 0.717) is 5.69 Å². The van der Waals surface area contributed by atoms with E-state index in [-0.39, 0.29) is 6.61 Å². The van der Waals surface area contributed by atoms with Gasteiger partial charge in [-0.15, -0.1) is 0 Å². The summed E-state index contributed by atoms with van der Waals surface area (Å²) >= 11 is 0. The van der Waals surface area contributed by atoms with Gasteiger partial charge in [0.1, 0.15) is 0 Å². The van der Waals surface area contributed by atoms with Crippen LogP contribution >= 0.6 is 0 Å². The Bertz CT molecular complexity index is 408. The zero-order chi connectivity index (χ0) is 8.55. The third-order valence-corrected chi connectivity index (χ3v) is 1.72. The van der Waals surface area contributed by atoms with E-state index in [2.05, 4.69) is 10.1 Å². The molecule has 0 atom stereocenters. The monoisotopic (exact) mass is 163 g/mol. The summed E-state index contributed by atoms with van der Waals surface area (Å²) in [6.45, 7) is -0.0352. The van der Waals surface area contributed by atoms with Crippen molar-refractivity contribution in [1.29, 1.82) is 0 Å². The molecule has 2 rings (SSSR count). The molecule has 4 nitrogen and oxygen atoms in total. The van der Waals surface area contributed by atoms with Gasteiger partial charge >= 0.3 is 0 Å². The third-order valence-electron chi connectivity index (χ3n) is 1.72. The highest BCUT2D eigenvalue weighted by atomic mass is 16.3. The molecule has 0 amide bonds. The lowest BCUT2D eigenvalue weighted by atomic mass is 10.3. The van der Waals surface area contributed by atoms with Gasteiger partial charge in [0.05, 0.1) is 17.8 Å². The Morgan fingerprint density at radius 3 is 3.17 bits per heavy atom. The van der Waals surface area contributed by atoms with Crippen molar-refractivity contribution in [2.45, 2.75) is 6.61 Å². The third kappa shape index (κ3) is 1.06. The van der Waals surface area contributed by atoms with Crippen molar-refractivity contribution in [1.82, 2.24) is 14.8 Å². The molecule has 0 unspecified atom stereocenters. The Labute approximate surface area is 69.5 Å². The smallest absolute Gasteiger partial charge is 0.0957 e. The fourth-order valence-electron chi connectivity index (χ4n) is 1.17. The summed E-state index contributed by atoms with van der Waals surface area (Å²) < 4.78 is 1.73. The van der Waals surface area contributed by atoms with E-state index < -0.39 is 0 Å². The van der Waals surface area contributed by atoms with Crippen molar-refractivity contribution in [2.24, 2.45) is 7.05 Å². The predicted octanol–water partition coefficient (Wildman–Crippen LogP) is 0.461. The van der Waals surface area contributed by atoms with Crippen molar-refractivity contribution >= 4 is 10.9 Å². The van der Waals surface area contributed by atoms with Gasteiger partial charge in [-0.2, -0.15) is 5.10 Å². The second-order valence-corrected chi connectivity index (χ2v) is 2.70. The van der Waals surface area contributed by atoms with Crippen LogP contribution in [0.3, 0.4) is 0 Å². The predicted molar refractivity (Wildman–Crippen MR) is 44.4 cm³/mol. The number of aliphatic hydroxyl groups is 1. The first-order valence-electron chi connectivity index (χ1n) is 3.69. The standard InChI is InChI=1S/C8H9N3O/c1-11-4-6-3-9-7(5-12)2-8(6)10-11/h2-4,12H,5H2,1H3. The largest absolute Gasteiger partial charge is 0.390 e. The summed E-state index contributed by atoms with van der Waals surface area (Å²) in [7, 11) is 1.86. The quantitative estimate of drug-likeness (QED) is 0.664. The highest BCUT2D eigenvalue weighted by molar-refractivity contribution is 5.77. The van der Waals surface area contributed by atoms with Gasteiger partial charge in [-0.3, -0.25) is 9.67 Å². The summed E-state index contributed by atoms with van der Waals surface area (Å²) in [5.74, 6) is 0. The molecule has 0 saturated carbocycles. The van der Waals surface area contributed by atoms with E-state index in [9.17, 15) is 0 Å². The molecule has 0 aliphatic rings. The molecule has 0 saturated heterocycles. The topological polar surface area (TPSA) is 50.9 Å². The van der Waals surface area contributed by atoms with Crippen molar-refractivity contribution < 1.29 is 5.11 Å². The lowest BCUT2D eigenvalue weighted by Gasteiger charge is -1.92. The van der Waals surface area contributed by atoms with Crippen LogP contribution in [-0.4, -0.2) is 19.9 Å². The van der Waals surface area contributed by atoms with Gasteiger partial charge in [-0.1, -0.05) is 0 Å². The van der Waals surface area contributed by atoms with Crippen LogP contribution in [0, 0.1) is 0 Å². The molecular formula is C8H9N3O. The van der Waals surface area contributed by atoms with Crippen molar-refractivity contribution in [3.05, 3.63) is 24.2 Å². The SMILES string of the molecule is Cn1cc2cnc(CO)cc2n1. The zero-order valence-corrected chi connectivity index (χ0v) is 6.73. The minimum Gasteiger partial charge on any atom is -0.390 e. The van der Waals surface area contributed by atoms with E-state index in [1.54, 1.807) is 16.9 Å². The van der Waals surface area contributed by atoms with Crippen LogP contribution in [0.5, 0.6) is 0 Å². The Morgan fingerprint density at radius 2 is 2.42 bits per heavy atom. The summed E-state index contributed by atoms with van der Waals surface area (Å²) in [4.78, 5) is 4.04. The maximum absolute atomic E-state index is 8.81. The molecule has 0 radical (unpaired) electrons. The normalized spacial score (nSPS) is 10.8. The fraction of sp³-hybridized carbons (Fsp3) is 0.250. The lowest BCUT2D eigenvalue weighted by molar-refractivity contribution is 0.277. The van der Waals surface area contributed by atoms with E-state index in [0.717, 1.165) is 10.9 Å². The molecule has 0 fully saturated rings. The molecule has 2 aromatic rings. The number of aliphatic hydroxyl groups excluding tert-OH is 1. The molecule has 1 N–H and O–H groups in total. The van der Waals surface area contributed by atoms with Crippen LogP contribution in [0.2, 0.25) is 0 Å². The summed E-state index contributed by atoms with van der Waals surface area (Å²) in [6, 6.07) is 1.79. The molecule has 2 heterocycles. The highest BCUT2D eigenvalue weighted by Crippen LogP contribution is 2.10. The molecule has 0 spiro atoms. The molecule has 2 aromatic heterocycles. The summed E-state index contributed by atoms with van der Waals surface area (Å²) in [5.41, 5.74) is 1.53. The van der Waals surface area contributed by atoms with Crippen molar-refractivity contribution in [2.75, 3.05) is 0 Å². The molecule has 62 valence electrons. The molecule has 4 heteroatoms. The zero-order valence-electron chi connectivity index (χ0n) is 6.73. The summed E-state index contributed by atoms with van der Waals surface area (Å²) in [5, 5.41) is 14.0. The second kappa shape index (κ2) is 2.57. The molecule has 0 aliphatic carbocycles. The van der Waals surface area contributed by atoms with Crippen LogP contribution in [-0.2, 0) is 13.7 Å². The molecule has 0 bridgehead atoms. The lowest BCUT2D eigenvalue weighted by Crippen LogP contribution is -1.88. The first-order chi connectivity index (χ1) is 5.79. The van der Waals surface area contributed by atoms with Crippen LogP contribution in [0.4, 0.5) is 0 Å². The Balaban J connectivity index is 2.66. The Hall–Kier alpha value is -1.42. The van der Waals surface area contributed by atoms with Gasteiger partial charge in [0.15, 0.2) is 0 Å². The highest BCUT2D eigenvalue weighted by Gasteiger charge is 1.99. The van der Waals surface area contributed by atoms with E-state index >= 15 is 0 Å². The minimum atomic E-state index is -0.0352. The molecule has 12 heavy (non-hydrogen) atoms. The van der Waals surface area contributed by atoms with Gasteiger partial charge in [0, 0.05) is 24.8 Å². The number of nitrogens with zero attached hydrogens (tertiary/aromatic N) is 3. The Morgan fingerprint density at radius 1 is 1.58 bits per heavy atom. The van der Waals surface area contributed by atoms with Gasteiger partial charge in [-0.25, -0.2) is 0 Å². The molecule has 0 aliphatic heterocycles. The number of aromatic nitrogens is 3. The fourth-order valence-corrected chi connectivity index (χ4v) is 1.17. The maximum Gasteiger partial charge on any atom is 0.0957 e. The number of fused-ring (bicyclic) bond motifs is 1. The number of hydrogen-bond acceptors (Lipinski definition) is 3. The number of rotatable bonds is 1. The van der Waals surface area contributed by atoms with Gasteiger partial charge in [0.2, 0.25) is 0 Å². The van der Waals surface area contributed by atoms with Gasteiger partial charge < -0.3 is 5.11 Å². The van der Waals surface area contributed by atoms with E-state index in [1.807, 2.05) is 13.2 Å². The average molecular weight is 163 g/mol. The average Bonchev–Trinajstić information content (AvgIpc) is 2.43. The van der Waals surface area contributed by atoms with E-state index in [1.165, 1.54) is 0 Å². The molecule has 0 aromatic carbocycles. The Kier molecular flexibility index (Phi) is 1.55. The summed E-state index contributed by atoms with van der Waals surface area (Å²) in [6.07, 6.45) is 3.61. The van der Waals surface area contributed by atoms with Gasteiger partial charge in [-0.05, 0) is 6.07 Å². The number of pyridine rings is 1. The van der Waals surface area contributed by atoms with Crippen LogP contribution in [0.1, 0.15) is 5.69 Å². The number of aryl methyl sites for hydroxylation is 1. The van der Waals surface area contributed by atoms with Crippen molar-refractivity contribution in [3.8, 4) is 0 Å². The minimum absolute atomic E-state index is 0.0352. The maximum atomic E-state index is 8.81. The number of hydrogen-bond donors (Lipinski definition) is 1. The van der Waals surface area contributed by atoms with Crippen LogP contribution < -0.4 is 0 Å². The first kappa shape index (κ1) is 7.24. The molecular weight excluding hydrogens is 154 g/mol. The van der Waals surface area contributed by atoms with E-state index in [4.69, 9.17) is 5.11 Å². The van der Waals surface area contributed by atoms with Gasteiger partial charge in [0.25, 0.3) is 0 Å². The van der Waals surface area contributed by atoms with Crippen LogP contribution in [0.25, 0.3) is 10.9 Å². The second-order valence-electron chi connectivity index (χ2n) is 2.70.